The molecule has 1 rings (SSSR count). The van der Waals surface area contributed by atoms with Gasteiger partial charge in [-0.3, -0.25) is 0 Å². The number of carbonyl (C=O) groups excluding carboxylic acids is 2. The summed E-state index contributed by atoms with van der Waals surface area (Å²) in [6.45, 7) is 2.38. The molecular weight excluding hydrogens is 174 g/mol. The maximum Gasteiger partial charge on any atom is 0.437 e. The zero-order valence-electron chi connectivity index (χ0n) is 6.39. The molecule has 12 heavy (non-hydrogen) atoms. The lowest BCUT2D eigenvalue weighted by molar-refractivity contribution is -0.266. The van der Waals surface area contributed by atoms with E-state index in [4.69, 9.17) is 0 Å². The summed E-state index contributed by atoms with van der Waals surface area (Å²) >= 11 is 0. The van der Waals surface area contributed by atoms with E-state index < -0.39 is 23.6 Å². The van der Waals surface area contributed by atoms with Gasteiger partial charge in [-0.15, -0.1) is 0 Å². The summed E-state index contributed by atoms with van der Waals surface area (Å²) in [6.07, 6.45) is 0. The number of rotatable bonds is 0. The quantitative estimate of drug-likeness (QED) is 0.401. The van der Waals surface area contributed by atoms with Crippen LogP contribution >= 0.6 is 0 Å². The van der Waals surface area contributed by atoms with Crippen molar-refractivity contribution in [3.05, 3.63) is 0 Å². The molecule has 1 aliphatic rings. The van der Waals surface area contributed by atoms with Crippen molar-refractivity contribution in [1.82, 2.24) is 0 Å². The molecule has 0 aliphatic carbocycles. The van der Waals surface area contributed by atoms with Crippen LogP contribution in [0.1, 0.15) is 13.8 Å². The van der Waals surface area contributed by atoms with Crippen molar-refractivity contribution in [2.75, 3.05) is 0 Å². The Labute approximate surface area is 66.4 Å². The fraction of sp³-hybridized carbons (Fsp3) is 0.667. The summed E-state index contributed by atoms with van der Waals surface area (Å²) in [7, 11) is 0. The lowest BCUT2D eigenvalue weighted by Gasteiger charge is -2.32. The Morgan fingerprint density at radius 1 is 1.08 bits per heavy atom. The van der Waals surface area contributed by atoms with E-state index >= 15 is 0 Å². The van der Waals surface area contributed by atoms with Crippen molar-refractivity contribution in [2.24, 2.45) is 0 Å². The Hall–Kier alpha value is -1.20. The fourth-order valence-electron chi connectivity index (χ4n) is 0.679. The van der Waals surface area contributed by atoms with Crippen molar-refractivity contribution in [3.8, 4) is 0 Å². The smallest absolute Gasteiger partial charge is 0.418 e. The average Bonchev–Trinajstić information content (AvgIpc) is 1.82. The van der Waals surface area contributed by atoms with Crippen molar-refractivity contribution in [2.45, 2.75) is 25.6 Å². The predicted molar refractivity (Wildman–Crippen MR) is 31.2 cm³/mol. The van der Waals surface area contributed by atoms with Gasteiger partial charge in [-0.05, 0) is 0 Å². The maximum absolute atomic E-state index is 12.4. The molecule has 0 aromatic heterocycles. The molecule has 0 bridgehead atoms. The van der Waals surface area contributed by atoms with Gasteiger partial charge < -0.3 is 9.47 Å². The van der Waals surface area contributed by atoms with Gasteiger partial charge in [0.2, 0.25) is 0 Å². The van der Waals surface area contributed by atoms with E-state index in [9.17, 15) is 18.4 Å². The topological polar surface area (TPSA) is 52.6 Å². The molecule has 0 N–H and O–H groups in total. The second-order valence-corrected chi connectivity index (χ2v) is 2.75. The fourth-order valence-corrected chi connectivity index (χ4v) is 0.679. The number of cyclic esters (lactones) is 2. The molecule has 1 saturated heterocycles. The van der Waals surface area contributed by atoms with E-state index in [1.807, 2.05) is 0 Å². The van der Waals surface area contributed by atoms with Crippen LogP contribution in [-0.4, -0.2) is 23.6 Å². The van der Waals surface area contributed by atoms with Crippen LogP contribution < -0.4 is 0 Å². The molecule has 0 saturated carbocycles. The van der Waals surface area contributed by atoms with Crippen LogP contribution in [-0.2, 0) is 19.1 Å². The molecule has 1 heterocycles. The average molecular weight is 180 g/mol. The maximum atomic E-state index is 12.4. The highest BCUT2D eigenvalue weighted by Gasteiger charge is 2.58. The number of alkyl halides is 2. The molecule has 4 nitrogen and oxygen atoms in total. The Morgan fingerprint density at radius 2 is 1.42 bits per heavy atom. The summed E-state index contributed by atoms with van der Waals surface area (Å²) in [5.41, 5.74) is 0. The standard InChI is InChI=1S/C6H6F2O4/c1-5(2)11-3(9)6(7,8)4(10)12-5/h1-2H3. The third-order valence-corrected chi connectivity index (χ3v) is 1.19. The van der Waals surface area contributed by atoms with Crippen molar-refractivity contribution in [3.63, 3.8) is 0 Å². The Bertz CT molecular complexity index is 224. The van der Waals surface area contributed by atoms with Crippen LogP contribution in [0.2, 0.25) is 0 Å². The lowest BCUT2D eigenvalue weighted by atomic mass is 10.2. The highest BCUT2D eigenvalue weighted by molar-refractivity contribution is 6.02. The van der Waals surface area contributed by atoms with Crippen LogP contribution in [0.4, 0.5) is 8.78 Å². The molecule has 0 spiro atoms. The normalized spacial score (nSPS) is 26.0. The molecule has 0 unspecified atom stereocenters. The van der Waals surface area contributed by atoms with Gasteiger partial charge in [-0.2, -0.15) is 8.78 Å². The number of carbonyl (C=O) groups is 2. The van der Waals surface area contributed by atoms with Crippen molar-refractivity contribution < 1.29 is 27.8 Å². The molecule has 0 amide bonds. The van der Waals surface area contributed by atoms with E-state index in [1.165, 1.54) is 13.8 Å². The summed E-state index contributed by atoms with van der Waals surface area (Å²) < 4.78 is 33.0. The van der Waals surface area contributed by atoms with Gasteiger partial charge in [0.25, 0.3) is 5.79 Å². The number of ether oxygens (including phenoxy) is 2. The summed E-state index contributed by atoms with van der Waals surface area (Å²) in [5.74, 6) is -9.52. The van der Waals surface area contributed by atoms with Crippen LogP contribution in [0.5, 0.6) is 0 Å². The minimum absolute atomic E-state index is 1.19. The third-order valence-electron chi connectivity index (χ3n) is 1.19. The van der Waals surface area contributed by atoms with Crippen LogP contribution in [0.25, 0.3) is 0 Å². The van der Waals surface area contributed by atoms with Gasteiger partial charge in [-0.25, -0.2) is 9.59 Å². The molecule has 0 radical (unpaired) electrons. The molecular formula is C6H6F2O4. The van der Waals surface area contributed by atoms with Gasteiger partial charge in [0.05, 0.1) is 0 Å². The molecule has 1 aliphatic heterocycles. The molecule has 68 valence electrons. The van der Waals surface area contributed by atoms with Crippen molar-refractivity contribution >= 4 is 11.9 Å². The number of esters is 2. The number of hydrogen-bond acceptors (Lipinski definition) is 4. The van der Waals surface area contributed by atoms with E-state index in [2.05, 4.69) is 9.47 Å². The second kappa shape index (κ2) is 2.15. The summed E-state index contributed by atoms with van der Waals surface area (Å²) in [5, 5.41) is 0. The first-order chi connectivity index (χ1) is 5.26. The zero-order valence-corrected chi connectivity index (χ0v) is 6.39. The molecule has 0 aromatic rings. The molecule has 0 aromatic carbocycles. The lowest BCUT2D eigenvalue weighted by Crippen LogP contribution is -2.53. The van der Waals surface area contributed by atoms with E-state index in [-0.39, 0.29) is 0 Å². The Morgan fingerprint density at radius 3 is 1.75 bits per heavy atom. The van der Waals surface area contributed by atoms with Gasteiger partial charge in [0, 0.05) is 13.8 Å². The third kappa shape index (κ3) is 1.24. The van der Waals surface area contributed by atoms with Gasteiger partial charge in [-0.1, -0.05) is 0 Å². The number of hydrogen-bond donors (Lipinski definition) is 0. The monoisotopic (exact) mass is 180 g/mol. The minimum Gasteiger partial charge on any atom is -0.418 e. The van der Waals surface area contributed by atoms with Gasteiger partial charge in [0.1, 0.15) is 0 Å². The Kier molecular flexibility index (Phi) is 1.59. The zero-order chi connectivity index (χ0) is 9.57. The first-order valence-electron chi connectivity index (χ1n) is 3.10. The van der Waals surface area contributed by atoms with Crippen LogP contribution in [0, 0.1) is 0 Å². The molecule has 1 fully saturated rings. The summed E-state index contributed by atoms with van der Waals surface area (Å²) in [4.78, 5) is 20.9. The van der Waals surface area contributed by atoms with Crippen LogP contribution in [0.15, 0.2) is 0 Å². The highest BCUT2D eigenvalue weighted by Crippen LogP contribution is 2.29. The molecule has 6 heteroatoms. The van der Waals surface area contributed by atoms with Gasteiger partial charge in [0.15, 0.2) is 0 Å². The molecule has 0 atom stereocenters. The first kappa shape index (κ1) is 8.89. The predicted octanol–water partition coefficient (Wildman–Crippen LogP) is 0.458. The first-order valence-corrected chi connectivity index (χ1v) is 3.10. The van der Waals surface area contributed by atoms with E-state index in [1.54, 1.807) is 0 Å². The summed E-state index contributed by atoms with van der Waals surface area (Å²) in [6, 6.07) is 0. The largest absolute Gasteiger partial charge is 0.437 e. The van der Waals surface area contributed by atoms with Crippen molar-refractivity contribution in [1.29, 1.82) is 0 Å². The van der Waals surface area contributed by atoms with Crippen LogP contribution in [0.3, 0.4) is 0 Å². The van der Waals surface area contributed by atoms with E-state index in [0.717, 1.165) is 0 Å². The number of halogens is 2. The SMILES string of the molecule is CC1(C)OC(=O)C(F)(F)C(=O)O1. The van der Waals surface area contributed by atoms with E-state index in [0.29, 0.717) is 0 Å². The second-order valence-electron chi connectivity index (χ2n) is 2.75. The van der Waals surface area contributed by atoms with Gasteiger partial charge >= 0.3 is 17.9 Å². The Balaban J connectivity index is 2.93. The minimum atomic E-state index is -4.17. The highest BCUT2D eigenvalue weighted by atomic mass is 19.3.